The van der Waals surface area contributed by atoms with Crippen molar-refractivity contribution in [2.24, 2.45) is 5.92 Å². The summed E-state index contributed by atoms with van der Waals surface area (Å²) in [7, 11) is 0. The Labute approximate surface area is 42.0 Å². The van der Waals surface area contributed by atoms with Crippen molar-refractivity contribution in [1.29, 1.82) is 0 Å². The minimum Gasteiger partial charge on any atom is -0.289 e. The lowest BCUT2D eigenvalue weighted by molar-refractivity contribution is 0.539. The van der Waals surface area contributed by atoms with Crippen LogP contribution in [0.4, 0.5) is 0 Å². The molecule has 0 spiro atoms. The van der Waals surface area contributed by atoms with Crippen LogP contribution in [0.3, 0.4) is 0 Å². The Morgan fingerprint density at radius 2 is 2.71 bits per heavy atom. The first-order valence-corrected chi connectivity index (χ1v) is 2.23. The molecule has 0 aliphatic carbocycles. The van der Waals surface area contributed by atoms with Gasteiger partial charge in [-0.05, 0) is 0 Å². The van der Waals surface area contributed by atoms with E-state index in [1.54, 1.807) is 0 Å². The van der Waals surface area contributed by atoms with Gasteiger partial charge in [-0.25, -0.2) is 0 Å². The first kappa shape index (κ1) is 4.32. The fourth-order valence-electron chi connectivity index (χ4n) is 0.518. The Hall–Kier alpha value is -0.840. The molecule has 1 rings (SSSR count). The van der Waals surface area contributed by atoms with Crippen LogP contribution in [0.1, 0.15) is 6.42 Å². The lowest BCUT2D eigenvalue weighted by atomic mass is 10.2. The maximum absolute atomic E-state index is 9.76. The number of hydrogen-bond acceptors (Lipinski definition) is 1. The largest absolute Gasteiger partial charge is 0.289 e. The van der Waals surface area contributed by atoms with Gasteiger partial charge in [0.1, 0.15) is 0 Å². The molecule has 2 nitrogen and oxygen atoms in total. The van der Waals surface area contributed by atoms with Crippen molar-refractivity contribution in [3.05, 3.63) is 4.85 Å². The molecule has 1 atom stereocenters. The number of nitrogens with zero attached hydrogens (tertiary/aromatic N) is 1. The van der Waals surface area contributed by atoms with E-state index in [0.717, 1.165) is 13.0 Å². The number of carbonyl (C=O) groups excluding carboxylic acids is 1. The Morgan fingerprint density at radius 3 is 3.00 bits per heavy atom. The van der Waals surface area contributed by atoms with Crippen molar-refractivity contribution >= 4 is 6.29 Å². The van der Waals surface area contributed by atoms with Crippen LogP contribution in [-0.2, 0) is 4.79 Å². The SMILES string of the molecule is O=[C]C1C#[N+]CC1. The van der Waals surface area contributed by atoms with Gasteiger partial charge in [-0.3, -0.25) is 4.79 Å². The van der Waals surface area contributed by atoms with Gasteiger partial charge in [-0.2, -0.15) is 0 Å². The molecular weight excluding hydrogens is 90.1 g/mol. The third-order valence-electron chi connectivity index (χ3n) is 0.919. The Kier molecular flexibility index (Phi) is 1.08. The minimum absolute atomic E-state index is 0.125. The zero-order chi connectivity index (χ0) is 5.11. The molecule has 2 heteroatoms. The fraction of sp³-hybridized carbons (Fsp3) is 0.600. The molecule has 0 aromatic carbocycles. The van der Waals surface area contributed by atoms with Gasteiger partial charge in [0.15, 0.2) is 5.92 Å². The molecule has 1 unspecified atom stereocenters. The standard InChI is InChI=1S/C5H5NO/c7-4-5-1-2-6-3-5/h5H,1-2H2/q+1. The Morgan fingerprint density at radius 1 is 1.86 bits per heavy atom. The Balaban J connectivity index is 2.48. The zero-order valence-electron chi connectivity index (χ0n) is 3.85. The Bertz CT molecular complexity index is 131. The van der Waals surface area contributed by atoms with E-state index in [0.29, 0.717) is 0 Å². The summed E-state index contributed by atoms with van der Waals surface area (Å²) in [5, 5.41) is 0. The maximum atomic E-state index is 9.76. The predicted molar refractivity (Wildman–Crippen MR) is 25.9 cm³/mol. The molecule has 0 amide bonds. The van der Waals surface area contributed by atoms with E-state index in [-0.39, 0.29) is 5.92 Å². The third-order valence-corrected chi connectivity index (χ3v) is 0.919. The molecule has 7 heavy (non-hydrogen) atoms. The van der Waals surface area contributed by atoms with E-state index in [2.05, 4.69) is 10.9 Å². The lowest BCUT2D eigenvalue weighted by Gasteiger charge is -1.74. The van der Waals surface area contributed by atoms with Crippen LogP contribution in [0.5, 0.6) is 0 Å². The molecule has 1 heterocycles. The van der Waals surface area contributed by atoms with Crippen LogP contribution >= 0.6 is 0 Å². The summed E-state index contributed by atoms with van der Waals surface area (Å²) >= 11 is 0. The summed E-state index contributed by atoms with van der Waals surface area (Å²) in [5.41, 5.74) is 0. The molecule has 0 aromatic heterocycles. The van der Waals surface area contributed by atoms with Gasteiger partial charge in [0, 0.05) is 0 Å². The average molecular weight is 95.1 g/mol. The van der Waals surface area contributed by atoms with Crippen molar-refractivity contribution in [3.63, 3.8) is 0 Å². The zero-order valence-corrected chi connectivity index (χ0v) is 3.85. The van der Waals surface area contributed by atoms with E-state index >= 15 is 0 Å². The van der Waals surface area contributed by atoms with Gasteiger partial charge >= 0.3 is 0 Å². The molecule has 35 valence electrons. The van der Waals surface area contributed by atoms with Gasteiger partial charge in [0.2, 0.25) is 6.29 Å². The summed E-state index contributed by atoms with van der Waals surface area (Å²) in [6.07, 6.45) is 2.62. The highest BCUT2D eigenvalue weighted by molar-refractivity contribution is 5.59. The molecule has 0 N–H and O–H groups in total. The molecule has 0 fully saturated rings. The van der Waals surface area contributed by atoms with E-state index < -0.39 is 0 Å². The normalized spacial score (nSPS) is 26.0. The quantitative estimate of drug-likeness (QED) is 0.463. The highest BCUT2D eigenvalue weighted by atomic mass is 16.1. The summed E-state index contributed by atoms with van der Waals surface area (Å²) < 4.78 is 0. The van der Waals surface area contributed by atoms with Crippen LogP contribution in [-0.4, -0.2) is 12.8 Å². The molecule has 0 aromatic rings. The van der Waals surface area contributed by atoms with Gasteiger partial charge < -0.3 is 0 Å². The molecule has 0 bridgehead atoms. The van der Waals surface area contributed by atoms with E-state index in [1.165, 1.54) is 0 Å². The molecule has 1 aliphatic heterocycles. The van der Waals surface area contributed by atoms with Crippen molar-refractivity contribution < 1.29 is 4.79 Å². The summed E-state index contributed by atoms with van der Waals surface area (Å²) in [5.74, 6) is -0.125. The monoisotopic (exact) mass is 95.0 g/mol. The topological polar surface area (TPSA) is 21.4 Å². The number of hydrogen-bond donors (Lipinski definition) is 0. The van der Waals surface area contributed by atoms with E-state index in [1.807, 2.05) is 6.29 Å². The van der Waals surface area contributed by atoms with Crippen molar-refractivity contribution in [3.8, 4) is 6.07 Å². The smallest absolute Gasteiger partial charge is 0.285 e. The van der Waals surface area contributed by atoms with Crippen molar-refractivity contribution in [2.45, 2.75) is 6.42 Å². The van der Waals surface area contributed by atoms with Crippen molar-refractivity contribution in [2.75, 3.05) is 6.54 Å². The molecule has 0 saturated heterocycles. The summed E-state index contributed by atoms with van der Waals surface area (Å²) in [6, 6.07) is 2.61. The van der Waals surface area contributed by atoms with Gasteiger partial charge in [0.25, 0.3) is 12.6 Å². The molecule has 1 radical (unpaired) electrons. The molecule has 1 aliphatic rings. The van der Waals surface area contributed by atoms with E-state index in [4.69, 9.17) is 0 Å². The third kappa shape index (κ3) is 0.774. The second-order valence-electron chi connectivity index (χ2n) is 1.47. The first-order valence-electron chi connectivity index (χ1n) is 2.23. The van der Waals surface area contributed by atoms with Crippen LogP contribution in [0.2, 0.25) is 0 Å². The summed E-state index contributed by atoms with van der Waals surface area (Å²) in [6.45, 7) is 0.750. The van der Waals surface area contributed by atoms with Gasteiger partial charge in [0.05, 0.1) is 6.42 Å². The highest BCUT2D eigenvalue weighted by Gasteiger charge is 2.18. The highest BCUT2D eigenvalue weighted by Crippen LogP contribution is 2.03. The number of rotatable bonds is 1. The predicted octanol–water partition coefficient (Wildman–Crippen LogP) is 0.449. The average Bonchev–Trinajstić information content (AvgIpc) is 2.14. The molecule has 0 saturated carbocycles. The molecular formula is C5H5NO+. The van der Waals surface area contributed by atoms with E-state index in [9.17, 15) is 4.79 Å². The van der Waals surface area contributed by atoms with Gasteiger partial charge in [-0.15, -0.1) is 0 Å². The lowest BCUT2D eigenvalue weighted by Crippen LogP contribution is -1.93. The van der Waals surface area contributed by atoms with Crippen LogP contribution in [0.25, 0.3) is 4.85 Å². The summed E-state index contributed by atoms with van der Waals surface area (Å²) in [4.78, 5) is 13.5. The van der Waals surface area contributed by atoms with Crippen LogP contribution in [0.15, 0.2) is 0 Å². The first-order chi connectivity index (χ1) is 3.43. The second kappa shape index (κ2) is 1.74. The van der Waals surface area contributed by atoms with Crippen LogP contribution in [0, 0.1) is 12.0 Å². The van der Waals surface area contributed by atoms with Crippen LogP contribution < -0.4 is 0 Å². The maximum Gasteiger partial charge on any atom is 0.285 e. The van der Waals surface area contributed by atoms with Crippen molar-refractivity contribution in [1.82, 2.24) is 0 Å². The second-order valence-corrected chi connectivity index (χ2v) is 1.47. The fourth-order valence-corrected chi connectivity index (χ4v) is 0.518. The minimum atomic E-state index is -0.125. The van der Waals surface area contributed by atoms with Gasteiger partial charge in [-0.1, -0.05) is 4.85 Å².